The lowest BCUT2D eigenvalue weighted by Crippen LogP contribution is -2.53. The highest BCUT2D eigenvalue weighted by Gasteiger charge is 2.60. The highest BCUT2D eigenvalue weighted by molar-refractivity contribution is 6.43. The minimum Gasteiger partial charge on any atom is -0.351 e. The van der Waals surface area contributed by atoms with E-state index >= 15 is 0 Å². The van der Waals surface area contributed by atoms with E-state index in [0.717, 1.165) is 38.5 Å². The summed E-state index contributed by atoms with van der Waals surface area (Å²) in [7, 11) is 0. The van der Waals surface area contributed by atoms with Crippen molar-refractivity contribution in [3.63, 3.8) is 0 Å². The number of nitrogens with one attached hydrogen (secondary N) is 1. The summed E-state index contributed by atoms with van der Waals surface area (Å²) in [5, 5.41) is 3.80. The highest BCUT2D eigenvalue weighted by Crippen LogP contribution is 2.67. The van der Waals surface area contributed by atoms with E-state index in [9.17, 15) is 9.59 Å². The van der Waals surface area contributed by atoms with Crippen LogP contribution in [0.4, 0.5) is 0 Å². The number of amides is 1. The lowest BCUT2D eigenvalue weighted by molar-refractivity contribution is -0.134. The monoisotopic (exact) mass is 405 g/mol. The minimum atomic E-state index is -0.174. The maximum atomic E-state index is 13.1. The van der Waals surface area contributed by atoms with Crippen LogP contribution in [0.25, 0.3) is 0 Å². The molecule has 1 N–H and O–H groups in total. The van der Waals surface area contributed by atoms with Gasteiger partial charge in [-0.1, -0.05) is 25.4 Å². The number of Topliss-reactive ketones (excluding diaryl/α,β-unsaturated/α-hetero) is 1. The van der Waals surface area contributed by atoms with E-state index in [1.165, 1.54) is 12.0 Å². The van der Waals surface area contributed by atoms with Crippen molar-refractivity contribution >= 4 is 23.3 Å². The van der Waals surface area contributed by atoms with Gasteiger partial charge in [-0.05, 0) is 99.9 Å². The van der Waals surface area contributed by atoms with Crippen LogP contribution in [0.1, 0.15) is 86.0 Å². The van der Waals surface area contributed by atoms with Crippen LogP contribution in [0, 0.1) is 34.5 Å². The van der Waals surface area contributed by atoms with Crippen molar-refractivity contribution in [2.45, 2.75) is 91.5 Å². The van der Waals surface area contributed by atoms with Crippen LogP contribution in [-0.4, -0.2) is 17.2 Å². The van der Waals surface area contributed by atoms with E-state index in [-0.39, 0.29) is 34.0 Å². The summed E-state index contributed by atoms with van der Waals surface area (Å²) in [5.74, 6) is 2.44. The maximum absolute atomic E-state index is 13.1. The molecule has 0 aliphatic heterocycles. The molecule has 3 fully saturated rings. The van der Waals surface area contributed by atoms with Crippen molar-refractivity contribution in [3.05, 3.63) is 10.6 Å². The minimum absolute atomic E-state index is 0.0843. The van der Waals surface area contributed by atoms with Crippen molar-refractivity contribution in [3.8, 4) is 0 Å². The number of halogens is 1. The molecule has 4 aliphatic carbocycles. The molecule has 4 heteroatoms. The third-order valence-corrected chi connectivity index (χ3v) is 9.31. The maximum Gasteiger partial charge on any atom is 0.224 e. The Kier molecular flexibility index (Phi) is 4.81. The zero-order chi connectivity index (χ0) is 20.5. The van der Waals surface area contributed by atoms with Crippen molar-refractivity contribution in [1.82, 2.24) is 5.32 Å². The number of allylic oxidation sites excluding steroid dienone is 1. The molecule has 0 heterocycles. The highest BCUT2D eigenvalue weighted by atomic mass is 35.5. The first-order valence-corrected chi connectivity index (χ1v) is 11.6. The van der Waals surface area contributed by atoms with Crippen LogP contribution in [0.5, 0.6) is 0 Å². The molecule has 0 spiro atoms. The Bertz CT molecular complexity index is 735. The molecule has 4 aliphatic rings. The smallest absolute Gasteiger partial charge is 0.224 e. The molecular formula is C24H36ClNO2. The third kappa shape index (κ3) is 2.99. The van der Waals surface area contributed by atoms with Gasteiger partial charge in [-0.25, -0.2) is 0 Å². The number of ketones is 1. The lowest BCUT2D eigenvalue weighted by Gasteiger charge is -2.58. The van der Waals surface area contributed by atoms with Crippen molar-refractivity contribution in [2.24, 2.45) is 34.5 Å². The fraction of sp³-hybridized carbons (Fsp3) is 0.833. The summed E-state index contributed by atoms with van der Waals surface area (Å²) >= 11 is 6.50. The van der Waals surface area contributed by atoms with Gasteiger partial charge in [0, 0.05) is 17.9 Å². The predicted molar refractivity (Wildman–Crippen MR) is 113 cm³/mol. The van der Waals surface area contributed by atoms with E-state index in [1.54, 1.807) is 0 Å². The number of carbonyl (C=O) groups is 2. The summed E-state index contributed by atoms with van der Waals surface area (Å²) in [6.07, 6.45) is 8.12. The second kappa shape index (κ2) is 6.59. The Morgan fingerprint density at radius 1 is 1.04 bits per heavy atom. The van der Waals surface area contributed by atoms with Crippen LogP contribution >= 0.6 is 11.6 Å². The van der Waals surface area contributed by atoms with Crippen LogP contribution in [-0.2, 0) is 9.59 Å². The number of hydrogen-bond donors (Lipinski definition) is 1. The number of fused-ring (bicyclic) bond motifs is 5. The SMILES string of the molecule is CC(C)(C)NC(=O)C1CC[C@H]2[C@@H]3CCC4=C(Cl)C(=O)CC[C@]4(C)[C@@H]3CC[C@]12C. The molecule has 4 rings (SSSR count). The standard InChI is InChI=1S/C24H36ClNO2/c1-22(2,3)26-21(28)18-9-8-15-14-6-7-17-20(25)19(27)11-13-23(17,4)16(14)10-12-24(15,18)5/h14-16,18H,6-13H2,1-5H3,(H,26,28)/t14-,15-,16+,18?,23+,24-/m0/s1. The number of rotatable bonds is 1. The van der Waals surface area contributed by atoms with Gasteiger partial charge in [-0.2, -0.15) is 0 Å². The summed E-state index contributed by atoms with van der Waals surface area (Å²) < 4.78 is 0. The van der Waals surface area contributed by atoms with Gasteiger partial charge in [-0.15, -0.1) is 0 Å². The topological polar surface area (TPSA) is 46.2 Å². The molecule has 1 amide bonds. The Morgan fingerprint density at radius 3 is 2.43 bits per heavy atom. The van der Waals surface area contributed by atoms with Gasteiger partial charge in [0.2, 0.25) is 5.91 Å². The largest absolute Gasteiger partial charge is 0.351 e. The van der Waals surface area contributed by atoms with Crippen LogP contribution in [0.2, 0.25) is 0 Å². The lowest BCUT2D eigenvalue weighted by atomic mass is 9.47. The normalized spacial score (nSPS) is 43.3. The first-order chi connectivity index (χ1) is 13.0. The van der Waals surface area contributed by atoms with Crippen LogP contribution in [0.15, 0.2) is 10.6 Å². The summed E-state index contributed by atoms with van der Waals surface area (Å²) in [5.41, 5.74) is 1.27. The first kappa shape index (κ1) is 20.4. The molecule has 0 aromatic carbocycles. The average molecular weight is 406 g/mol. The Hall–Kier alpha value is -0.830. The second-order valence-corrected chi connectivity index (χ2v) is 11.8. The molecule has 3 nitrogen and oxygen atoms in total. The van der Waals surface area contributed by atoms with Gasteiger partial charge in [0.15, 0.2) is 5.78 Å². The summed E-state index contributed by atoms with van der Waals surface area (Å²) in [6.45, 7) is 11.0. The molecule has 0 bridgehead atoms. The first-order valence-electron chi connectivity index (χ1n) is 11.2. The molecule has 0 saturated heterocycles. The van der Waals surface area contributed by atoms with E-state index in [1.807, 2.05) is 0 Å². The second-order valence-electron chi connectivity index (χ2n) is 11.5. The van der Waals surface area contributed by atoms with E-state index in [2.05, 4.69) is 39.9 Å². The molecule has 1 unspecified atom stereocenters. The Labute approximate surface area is 175 Å². The summed E-state index contributed by atoms with van der Waals surface area (Å²) in [4.78, 5) is 25.3. The predicted octanol–water partition coefficient (Wildman–Crippen LogP) is 5.62. The van der Waals surface area contributed by atoms with Crippen molar-refractivity contribution < 1.29 is 9.59 Å². The van der Waals surface area contributed by atoms with Gasteiger partial charge in [0.25, 0.3) is 0 Å². The average Bonchev–Trinajstić information content (AvgIpc) is 2.94. The van der Waals surface area contributed by atoms with Gasteiger partial charge >= 0.3 is 0 Å². The van der Waals surface area contributed by atoms with Gasteiger partial charge in [0.1, 0.15) is 0 Å². The van der Waals surface area contributed by atoms with Gasteiger partial charge < -0.3 is 5.32 Å². The molecule has 6 atom stereocenters. The molecule has 0 aromatic heterocycles. The molecule has 0 radical (unpaired) electrons. The molecule has 3 saturated carbocycles. The quantitative estimate of drug-likeness (QED) is 0.615. The molecule has 28 heavy (non-hydrogen) atoms. The van der Waals surface area contributed by atoms with Gasteiger partial charge in [-0.3, -0.25) is 9.59 Å². The van der Waals surface area contributed by atoms with E-state index in [0.29, 0.717) is 29.2 Å². The van der Waals surface area contributed by atoms with Crippen LogP contribution in [0.3, 0.4) is 0 Å². The van der Waals surface area contributed by atoms with Crippen molar-refractivity contribution in [2.75, 3.05) is 0 Å². The number of carbonyl (C=O) groups excluding carboxylic acids is 2. The van der Waals surface area contributed by atoms with E-state index in [4.69, 9.17) is 11.6 Å². The van der Waals surface area contributed by atoms with Crippen molar-refractivity contribution in [1.29, 1.82) is 0 Å². The Balaban J connectivity index is 1.61. The molecule has 0 aromatic rings. The number of hydrogen-bond acceptors (Lipinski definition) is 2. The third-order valence-electron chi connectivity index (χ3n) is 8.87. The molecule has 156 valence electrons. The fourth-order valence-corrected chi connectivity index (χ4v) is 7.94. The zero-order valence-electron chi connectivity index (χ0n) is 18.2. The van der Waals surface area contributed by atoms with Crippen LogP contribution < -0.4 is 5.32 Å². The summed E-state index contributed by atoms with van der Waals surface area (Å²) in [6, 6.07) is 0. The molecular weight excluding hydrogens is 370 g/mol. The van der Waals surface area contributed by atoms with Gasteiger partial charge in [0.05, 0.1) is 5.03 Å². The zero-order valence-corrected chi connectivity index (χ0v) is 18.9. The Morgan fingerprint density at radius 2 is 1.75 bits per heavy atom. The fourth-order valence-electron chi connectivity index (χ4n) is 7.54. The van der Waals surface area contributed by atoms with E-state index < -0.39 is 0 Å².